The Morgan fingerprint density at radius 2 is 1.83 bits per heavy atom. The van der Waals surface area contributed by atoms with Crippen molar-refractivity contribution < 1.29 is 28.6 Å². The van der Waals surface area contributed by atoms with Crippen molar-refractivity contribution in [2.75, 3.05) is 20.3 Å². The molecule has 0 bridgehead atoms. The van der Waals surface area contributed by atoms with Gasteiger partial charge in [-0.1, -0.05) is 6.08 Å². The van der Waals surface area contributed by atoms with Crippen molar-refractivity contribution in [3.8, 4) is 0 Å². The SMILES string of the molecule is C=CCOCC[C@H](NC(=O)[C@H](C)NC(=O)OC(C)(C)C)C(=O)OC. The van der Waals surface area contributed by atoms with Crippen molar-refractivity contribution in [3.05, 3.63) is 12.7 Å². The lowest BCUT2D eigenvalue weighted by atomic mass is 10.2. The highest BCUT2D eigenvalue weighted by Crippen LogP contribution is 2.07. The van der Waals surface area contributed by atoms with Crippen LogP contribution in [0.4, 0.5) is 4.79 Å². The Kier molecular flexibility index (Phi) is 9.71. The molecule has 0 heterocycles. The summed E-state index contributed by atoms with van der Waals surface area (Å²) in [5, 5.41) is 4.93. The van der Waals surface area contributed by atoms with E-state index in [4.69, 9.17) is 9.47 Å². The average molecular weight is 344 g/mol. The lowest BCUT2D eigenvalue weighted by Gasteiger charge is -2.23. The average Bonchev–Trinajstić information content (AvgIpc) is 2.47. The van der Waals surface area contributed by atoms with Gasteiger partial charge in [-0.05, 0) is 27.7 Å². The van der Waals surface area contributed by atoms with Gasteiger partial charge in [0.1, 0.15) is 17.7 Å². The van der Waals surface area contributed by atoms with Gasteiger partial charge >= 0.3 is 12.1 Å². The first-order valence-corrected chi connectivity index (χ1v) is 7.67. The molecule has 0 aromatic carbocycles. The number of hydrogen-bond acceptors (Lipinski definition) is 6. The summed E-state index contributed by atoms with van der Waals surface area (Å²) in [6.45, 7) is 10.7. The molecule has 0 aromatic heterocycles. The third-order valence-electron chi connectivity index (χ3n) is 2.72. The van der Waals surface area contributed by atoms with Crippen molar-refractivity contribution in [1.82, 2.24) is 10.6 Å². The van der Waals surface area contributed by atoms with Crippen molar-refractivity contribution in [2.24, 2.45) is 0 Å². The van der Waals surface area contributed by atoms with Gasteiger partial charge in [-0.15, -0.1) is 6.58 Å². The summed E-state index contributed by atoms with van der Waals surface area (Å²) in [6, 6.07) is -1.74. The number of carbonyl (C=O) groups excluding carboxylic acids is 3. The smallest absolute Gasteiger partial charge is 0.408 e. The molecule has 0 aliphatic carbocycles. The van der Waals surface area contributed by atoms with Crippen LogP contribution in [0.15, 0.2) is 12.7 Å². The standard InChI is InChI=1S/C16H28N2O6/c1-7-9-23-10-8-12(14(20)22-6)18-13(19)11(2)17-15(21)24-16(3,4)5/h7,11-12H,1,8-10H2,2-6H3,(H,17,21)(H,18,19)/t11-,12-/m0/s1. The Balaban J connectivity index is 4.54. The van der Waals surface area contributed by atoms with Crippen LogP contribution in [0.5, 0.6) is 0 Å². The molecule has 0 radical (unpaired) electrons. The maximum Gasteiger partial charge on any atom is 0.408 e. The third kappa shape index (κ3) is 9.83. The number of methoxy groups -OCH3 is 1. The van der Waals surface area contributed by atoms with Gasteiger partial charge in [-0.3, -0.25) is 4.79 Å². The first-order valence-electron chi connectivity index (χ1n) is 7.67. The molecule has 2 N–H and O–H groups in total. The molecule has 0 rings (SSSR count). The number of carbonyl (C=O) groups is 3. The Morgan fingerprint density at radius 3 is 2.33 bits per heavy atom. The maximum absolute atomic E-state index is 12.1. The Bertz CT molecular complexity index is 444. The fourth-order valence-electron chi connectivity index (χ4n) is 1.61. The van der Waals surface area contributed by atoms with Gasteiger partial charge in [0, 0.05) is 13.0 Å². The highest BCUT2D eigenvalue weighted by Gasteiger charge is 2.26. The van der Waals surface area contributed by atoms with E-state index in [-0.39, 0.29) is 13.0 Å². The van der Waals surface area contributed by atoms with Gasteiger partial charge in [0.25, 0.3) is 0 Å². The highest BCUT2D eigenvalue weighted by molar-refractivity contribution is 5.89. The molecule has 0 aliphatic heterocycles. The molecule has 138 valence electrons. The molecule has 0 aliphatic rings. The van der Waals surface area contributed by atoms with E-state index in [1.54, 1.807) is 26.8 Å². The van der Waals surface area contributed by atoms with Crippen molar-refractivity contribution in [3.63, 3.8) is 0 Å². The zero-order valence-electron chi connectivity index (χ0n) is 15.0. The lowest BCUT2D eigenvalue weighted by molar-refractivity contribution is -0.145. The third-order valence-corrected chi connectivity index (χ3v) is 2.72. The Hall–Kier alpha value is -2.09. The fraction of sp³-hybridized carbons (Fsp3) is 0.688. The van der Waals surface area contributed by atoms with Crippen LogP contribution < -0.4 is 10.6 Å². The van der Waals surface area contributed by atoms with Gasteiger partial charge < -0.3 is 24.8 Å². The number of nitrogens with one attached hydrogen (secondary N) is 2. The predicted molar refractivity (Wildman–Crippen MR) is 88.4 cm³/mol. The summed E-state index contributed by atoms with van der Waals surface area (Å²) < 4.78 is 14.9. The summed E-state index contributed by atoms with van der Waals surface area (Å²) in [5.74, 6) is -1.12. The van der Waals surface area contributed by atoms with E-state index < -0.39 is 35.7 Å². The molecule has 8 heteroatoms. The van der Waals surface area contributed by atoms with Crippen LogP contribution >= 0.6 is 0 Å². The van der Waals surface area contributed by atoms with E-state index in [1.165, 1.54) is 14.0 Å². The summed E-state index contributed by atoms with van der Waals surface area (Å²) in [7, 11) is 1.23. The van der Waals surface area contributed by atoms with Crippen LogP contribution in [-0.4, -0.2) is 56.0 Å². The van der Waals surface area contributed by atoms with E-state index in [2.05, 4.69) is 21.9 Å². The molecular formula is C16H28N2O6. The number of alkyl carbamates (subject to hydrolysis) is 1. The second kappa shape index (κ2) is 10.6. The van der Waals surface area contributed by atoms with Gasteiger partial charge in [0.2, 0.25) is 5.91 Å². The first kappa shape index (κ1) is 21.9. The predicted octanol–water partition coefficient (Wildman–Crippen LogP) is 1.15. The van der Waals surface area contributed by atoms with Gasteiger partial charge in [0.15, 0.2) is 0 Å². The second-order valence-electron chi connectivity index (χ2n) is 6.10. The molecule has 0 unspecified atom stereocenters. The van der Waals surface area contributed by atoms with Gasteiger partial charge in [-0.2, -0.15) is 0 Å². The number of ether oxygens (including phenoxy) is 3. The topological polar surface area (TPSA) is 103 Å². The molecule has 0 saturated carbocycles. The van der Waals surface area contributed by atoms with Crippen LogP contribution in [0.1, 0.15) is 34.1 Å². The van der Waals surface area contributed by atoms with Crippen LogP contribution in [0.2, 0.25) is 0 Å². The lowest BCUT2D eigenvalue weighted by Crippen LogP contribution is -2.51. The molecule has 2 amide bonds. The van der Waals surface area contributed by atoms with E-state index in [0.717, 1.165) is 0 Å². The Labute approximate surface area is 142 Å². The Morgan fingerprint density at radius 1 is 1.21 bits per heavy atom. The minimum Gasteiger partial charge on any atom is -0.467 e. The number of esters is 1. The monoisotopic (exact) mass is 344 g/mol. The van der Waals surface area contributed by atoms with Gasteiger partial charge in [0.05, 0.1) is 13.7 Å². The molecular weight excluding hydrogens is 316 g/mol. The molecule has 0 saturated heterocycles. The molecule has 2 atom stereocenters. The normalized spacial score (nSPS) is 13.4. The summed E-state index contributed by atoms with van der Waals surface area (Å²) in [4.78, 5) is 35.5. The van der Waals surface area contributed by atoms with Crippen LogP contribution in [0.3, 0.4) is 0 Å². The van der Waals surface area contributed by atoms with Crippen LogP contribution in [0.25, 0.3) is 0 Å². The van der Waals surface area contributed by atoms with Crippen molar-refractivity contribution >= 4 is 18.0 Å². The zero-order valence-corrected chi connectivity index (χ0v) is 15.0. The second-order valence-corrected chi connectivity index (χ2v) is 6.10. The molecule has 0 spiro atoms. The highest BCUT2D eigenvalue weighted by atomic mass is 16.6. The summed E-state index contributed by atoms with van der Waals surface area (Å²) >= 11 is 0. The molecule has 0 fully saturated rings. The molecule has 24 heavy (non-hydrogen) atoms. The quantitative estimate of drug-likeness (QED) is 0.369. The minimum absolute atomic E-state index is 0.241. The summed E-state index contributed by atoms with van der Waals surface area (Å²) in [6.07, 6.45) is 1.11. The van der Waals surface area contributed by atoms with Crippen LogP contribution in [-0.2, 0) is 23.8 Å². The first-order chi connectivity index (χ1) is 11.1. The number of hydrogen-bond donors (Lipinski definition) is 2. The fourth-order valence-corrected chi connectivity index (χ4v) is 1.61. The van der Waals surface area contributed by atoms with E-state index in [1.807, 2.05) is 0 Å². The maximum atomic E-state index is 12.1. The summed E-state index contributed by atoms with van der Waals surface area (Å²) in [5.41, 5.74) is -0.669. The largest absolute Gasteiger partial charge is 0.467 e. The van der Waals surface area contributed by atoms with Crippen molar-refractivity contribution in [2.45, 2.75) is 51.8 Å². The molecule has 8 nitrogen and oxygen atoms in total. The van der Waals surface area contributed by atoms with E-state index in [9.17, 15) is 14.4 Å². The molecule has 0 aromatic rings. The van der Waals surface area contributed by atoms with Gasteiger partial charge in [-0.25, -0.2) is 9.59 Å². The minimum atomic E-state index is -0.874. The van der Waals surface area contributed by atoms with Crippen molar-refractivity contribution in [1.29, 1.82) is 0 Å². The van der Waals surface area contributed by atoms with Crippen LogP contribution in [0, 0.1) is 0 Å². The zero-order chi connectivity index (χ0) is 18.8. The van der Waals surface area contributed by atoms with E-state index in [0.29, 0.717) is 6.61 Å². The van der Waals surface area contributed by atoms with E-state index >= 15 is 0 Å². The number of rotatable bonds is 9. The number of amides is 2.